The number of nitrogens with one attached hydrogen (secondary N) is 1. The van der Waals surface area contributed by atoms with Crippen molar-refractivity contribution in [3.05, 3.63) is 52.4 Å². The zero-order valence-corrected chi connectivity index (χ0v) is 15.2. The molecule has 0 bridgehead atoms. The van der Waals surface area contributed by atoms with Gasteiger partial charge in [0.05, 0.1) is 26.5 Å². The van der Waals surface area contributed by atoms with Gasteiger partial charge in [0.2, 0.25) is 5.91 Å². The molecule has 0 aliphatic carbocycles. The number of rotatable bonds is 7. The third-order valence-corrected chi connectivity index (χ3v) is 4.04. The summed E-state index contributed by atoms with van der Waals surface area (Å²) in [5.74, 6) is -0.155. The first kappa shape index (κ1) is 19.0. The standard InChI is InChI=1S/C18H21ClN2O4/c1-4-21(10-16-14(7-8-25-16)18(23)24-3)11-17(22)20-15-9-13(19)6-5-12(15)2/h5-9H,4,10-11H2,1-3H3,(H,20,22). The van der Waals surface area contributed by atoms with E-state index in [0.717, 1.165) is 5.56 Å². The van der Waals surface area contributed by atoms with E-state index in [0.29, 0.717) is 35.1 Å². The summed E-state index contributed by atoms with van der Waals surface area (Å²) in [5, 5.41) is 3.42. The summed E-state index contributed by atoms with van der Waals surface area (Å²) in [7, 11) is 1.32. The Labute approximate surface area is 151 Å². The number of halogens is 1. The van der Waals surface area contributed by atoms with E-state index in [1.807, 2.05) is 24.8 Å². The number of furan rings is 1. The number of esters is 1. The van der Waals surface area contributed by atoms with E-state index < -0.39 is 5.97 Å². The Morgan fingerprint density at radius 2 is 2.08 bits per heavy atom. The minimum Gasteiger partial charge on any atom is -0.467 e. The largest absolute Gasteiger partial charge is 0.467 e. The number of aryl methyl sites for hydroxylation is 1. The number of carbonyl (C=O) groups is 2. The Morgan fingerprint density at radius 3 is 2.76 bits per heavy atom. The van der Waals surface area contributed by atoms with E-state index >= 15 is 0 Å². The second-order valence-electron chi connectivity index (χ2n) is 5.56. The average molecular weight is 365 g/mol. The Kier molecular flexibility index (Phi) is 6.61. The molecule has 2 rings (SSSR count). The highest BCUT2D eigenvalue weighted by atomic mass is 35.5. The van der Waals surface area contributed by atoms with Crippen molar-refractivity contribution in [2.45, 2.75) is 20.4 Å². The van der Waals surface area contributed by atoms with Crippen LogP contribution >= 0.6 is 11.6 Å². The van der Waals surface area contributed by atoms with Gasteiger partial charge in [0, 0.05) is 10.7 Å². The number of ether oxygens (including phenoxy) is 1. The number of likely N-dealkylation sites (N-methyl/N-ethyl adjacent to an activating group) is 1. The smallest absolute Gasteiger partial charge is 0.341 e. The normalized spacial score (nSPS) is 10.8. The number of carbonyl (C=O) groups excluding carboxylic acids is 2. The van der Waals surface area contributed by atoms with Crippen LogP contribution in [0.15, 0.2) is 34.9 Å². The molecule has 7 heteroatoms. The van der Waals surface area contributed by atoms with Crippen LogP contribution in [0, 0.1) is 6.92 Å². The molecule has 6 nitrogen and oxygen atoms in total. The number of hydrogen-bond acceptors (Lipinski definition) is 5. The van der Waals surface area contributed by atoms with Crippen molar-refractivity contribution >= 4 is 29.2 Å². The number of methoxy groups -OCH3 is 1. The molecule has 0 fully saturated rings. The van der Waals surface area contributed by atoms with Gasteiger partial charge in [0.25, 0.3) is 0 Å². The zero-order valence-electron chi connectivity index (χ0n) is 14.5. The van der Waals surface area contributed by atoms with Gasteiger partial charge in [-0.1, -0.05) is 24.6 Å². The first-order chi connectivity index (χ1) is 11.9. The maximum atomic E-state index is 12.3. The molecule has 1 aromatic carbocycles. The van der Waals surface area contributed by atoms with Crippen LogP contribution in [0.1, 0.15) is 28.6 Å². The highest BCUT2D eigenvalue weighted by Gasteiger charge is 2.19. The van der Waals surface area contributed by atoms with Gasteiger partial charge in [-0.2, -0.15) is 0 Å². The van der Waals surface area contributed by atoms with Gasteiger partial charge in [-0.05, 0) is 37.2 Å². The van der Waals surface area contributed by atoms with E-state index in [1.165, 1.54) is 13.4 Å². The molecule has 0 aliphatic rings. The number of amides is 1. The van der Waals surface area contributed by atoms with Crippen molar-refractivity contribution in [2.24, 2.45) is 0 Å². The molecule has 1 amide bonds. The van der Waals surface area contributed by atoms with E-state index in [4.69, 9.17) is 20.8 Å². The summed E-state index contributed by atoms with van der Waals surface area (Å²) in [6.45, 7) is 4.93. The van der Waals surface area contributed by atoms with E-state index in [2.05, 4.69) is 5.32 Å². The molecule has 0 spiro atoms. The second kappa shape index (κ2) is 8.69. The van der Waals surface area contributed by atoms with Crippen LogP contribution in [0.5, 0.6) is 0 Å². The van der Waals surface area contributed by atoms with Crippen molar-refractivity contribution in [1.82, 2.24) is 4.90 Å². The van der Waals surface area contributed by atoms with Crippen molar-refractivity contribution in [3.63, 3.8) is 0 Å². The molecule has 0 atom stereocenters. The fraction of sp³-hybridized carbons (Fsp3) is 0.333. The number of hydrogen-bond donors (Lipinski definition) is 1. The highest BCUT2D eigenvalue weighted by Crippen LogP contribution is 2.20. The summed E-state index contributed by atoms with van der Waals surface area (Å²) < 4.78 is 10.1. The fourth-order valence-corrected chi connectivity index (χ4v) is 2.53. The zero-order chi connectivity index (χ0) is 18.4. The van der Waals surface area contributed by atoms with Gasteiger partial charge in [0.1, 0.15) is 11.3 Å². The van der Waals surface area contributed by atoms with Crippen LogP contribution in [0.3, 0.4) is 0 Å². The van der Waals surface area contributed by atoms with Crippen LogP contribution in [-0.4, -0.2) is 37.0 Å². The van der Waals surface area contributed by atoms with Crippen LogP contribution < -0.4 is 5.32 Å². The molecule has 2 aromatic rings. The number of anilines is 1. The molecule has 0 radical (unpaired) electrons. The highest BCUT2D eigenvalue weighted by molar-refractivity contribution is 6.31. The van der Waals surface area contributed by atoms with Gasteiger partial charge in [-0.15, -0.1) is 0 Å². The first-order valence-corrected chi connectivity index (χ1v) is 8.25. The SMILES string of the molecule is CCN(CC(=O)Nc1cc(Cl)ccc1C)Cc1occc1C(=O)OC. The quantitative estimate of drug-likeness (QED) is 0.761. The van der Waals surface area contributed by atoms with Crippen molar-refractivity contribution in [2.75, 3.05) is 25.5 Å². The molecule has 0 unspecified atom stereocenters. The van der Waals surface area contributed by atoms with Crippen LogP contribution in [-0.2, 0) is 16.1 Å². The molecular weight excluding hydrogens is 344 g/mol. The fourth-order valence-electron chi connectivity index (χ4n) is 2.36. The molecule has 134 valence electrons. The van der Waals surface area contributed by atoms with Gasteiger partial charge in [0.15, 0.2) is 0 Å². The Bertz CT molecular complexity index is 757. The van der Waals surface area contributed by atoms with Crippen molar-refractivity contribution in [1.29, 1.82) is 0 Å². The number of nitrogens with zero attached hydrogens (tertiary/aromatic N) is 1. The predicted molar refractivity (Wildman–Crippen MR) is 95.8 cm³/mol. The Hall–Kier alpha value is -2.31. The molecule has 0 saturated heterocycles. The summed E-state index contributed by atoms with van der Waals surface area (Å²) in [6.07, 6.45) is 1.44. The lowest BCUT2D eigenvalue weighted by molar-refractivity contribution is -0.117. The number of benzene rings is 1. The van der Waals surface area contributed by atoms with Crippen molar-refractivity contribution in [3.8, 4) is 0 Å². The average Bonchev–Trinajstić information content (AvgIpc) is 3.05. The molecule has 1 N–H and O–H groups in total. The van der Waals surface area contributed by atoms with E-state index in [1.54, 1.807) is 18.2 Å². The lowest BCUT2D eigenvalue weighted by Gasteiger charge is -2.19. The maximum Gasteiger partial charge on any atom is 0.341 e. The molecule has 0 aliphatic heterocycles. The van der Waals surface area contributed by atoms with Gasteiger partial charge in [-0.25, -0.2) is 4.79 Å². The minimum atomic E-state index is -0.459. The van der Waals surface area contributed by atoms with Crippen LogP contribution in [0.2, 0.25) is 5.02 Å². The van der Waals surface area contributed by atoms with Crippen LogP contribution in [0.4, 0.5) is 5.69 Å². The molecule has 25 heavy (non-hydrogen) atoms. The first-order valence-electron chi connectivity index (χ1n) is 7.87. The Balaban J connectivity index is 2.02. The third kappa shape index (κ3) is 5.08. The monoisotopic (exact) mass is 364 g/mol. The molecule has 0 saturated carbocycles. The lowest BCUT2D eigenvalue weighted by atomic mass is 10.2. The summed E-state index contributed by atoms with van der Waals surface area (Å²) in [4.78, 5) is 25.9. The van der Waals surface area contributed by atoms with Gasteiger partial charge >= 0.3 is 5.97 Å². The maximum absolute atomic E-state index is 12.3. The summed E-state index contributed by atoms with van der Waals surface area (Å²) in [6, 6.07) is 6.90. The second-order valence-corrected chi connectivity index (χ2v) is 6.00. The summed E-state index contributed by atoms with van der Waals surface area (Å²) >= 11 is 5.97. The minimum absolute atomic E-state index is 0.157. The molecular formula is C18H21ClN2O4. The van der Waals surface area contributed by atoms with Crippen LogP contribution in [0.25, 0.3) is 0 Å². The predicted octanol–water partition coefficient (Wildman–Crippen LogP) is 3.49. The Morgan fingerprint density at radius 1 is 1.32 bits per heavy atom. The molecule has 1 aromatic heterocycles. The third-order valence-electron chi connectivity index (χ3n) is 3.81. The molecule has 1 heterocycles. The van der Waals surface area contributed by atoms with E-state index in [9.17, 15) is 9.59 Å². The van der Waals surface area contributed by atoms with Gasteiger partial charge < -0.3 is 14.5 Å². The topological polar surface area (TPSA) is 71.8 Å². The summed E-state index contributed by atoms with van der Waals surface area (Å²) in [5.41, 5.74) is 1.98. The van der Waals surface area contributed by atoms with E-state index in [-0.39, 0.29) is 12.5 Å². The van der Waals surface area contributed by atoms with Crippen molar-refractivity contribution < 1.29 is 18.7 Å². The van der Waals surface area contributed by atoms with Gasteiger partial charge in [-0.3, -0.25) is 9.69 Å². The lowest BCUT2D eigenvalue weighted by Crippen LogP contribution is -2.33.